The van der Waals surface area contributed by atoms with Gasteiger partial charge >= 0.3 is 6.09 Å². The van der Waals surface area contributed by atoms with Crippen LogP contribution in [0.5, 0.6) is 0 Å². The maximum absolute atomic E-state index is 14.0. The molecule has 3 N–H and O–H groups in total. The van der Waals surface area contributed by atoms with Crippen molar-refractivity contribution in [3.8, 4) is 0 Å². The molecule has 4 aliphatic rings. The molecule has 3 aliphatic heterocycles. The predicted molar refractivity (Wildman–Crippen MR) is 232 cm³/mol. The van der Waals surface area contributed by atoms with E-state index < -0.39 is 65.7 Å². The Hall–Kier alpha value is -6.71. The standard InChI is InChI=1S/C48H53FN6O9/c1-29-12-21-40(43(59)51-29)55-44(60)37-19-15-32(24-38(37)45(55)61)10-8-6-4-5-7-9-11-41(57)50-26-30(2)53(27-33-13-16-35(49)17-14-33)42(58)28-54-46(62)48(64-47(54)63)23-22-34-25-36(52-31(3)56)18-20-39(34)48/h13-20,24-25,30,40H,1,4-12,21-23,26-28H2,2-3H3,(H,50,57)(H,51,59)(H,52,56)/t30-,40?,48+/m0/s1. The third-order valence-corrected chi connectivity index (χ3v) is 12.4. The van der Waals surface area contributed by atoms with Crippen molar-refractivity contribution in [3.63, 3.8) is 0 Å². The first-order chi connectivity index (χ1) is 30.6. The Kier molecular flexibility index (Phi) is 13.7. The van der Waals surface area contributed by atoms with E-state index in [1.165, 1.54) is 24.0 Å². The van der Waals surface area contributed by atoms with Gasteiger partial charge in [0.05, 0.1) is 11.1 Å². The monoisotopic (exact) mass is 876 g/mol. The minimum Gasteiger partial charge on any atom is -0.427 e. The number of anilines is 1. The first-order valence-corrected chi connectivity index (χ1v) is 21.9. The fraction of sp³-hybridized carbons (Fsp3) is 0.417. The lowest BCUT2D eigenvalue weighted by Gasteiger charge is -2.31. The van der Waals surface area contributed by atoms with Gasteiger partial charge in [-0.05, 0) is 98.5 Å². The second-order valence-electron chi connectivity index (χ2n) is 17.1. The molecule has 64 heavy (non-hydrogen) atoms. The molecule has 2 fully saturated rings. The lowest BCUT2D eigenvalue weighted by molar-refractivity contribution is -0.143. The number of nitrogens with zero attached hydrogens (tertiary/aromatic N) is 3. The summed E-state index contributed by atoms with van der Waals surface area (Å²) in [6.07, 6.45) is 6.76. The largest absolute Gasteiger partial charge is 0.427 e. The summed E-state index contributed by atoms with van der Waals surface area (Å²) in [6, 6.07) is 14.5. The molecule has 1 spiro atoms. The van der Waals surface area contributed by atoms with Crippen LogP contribution in [0.3, 0.4) is 0 Å². The molecule has 3 aromatic carbocycles. The molecule has 16 heteroatoms. The molecule has 0 radical (unpaired) electrons. The van der Waals surface area contributed by atoms with Gasteiger partial charge < -0.3 is 25.6 Å². The highest BCUT2D eigenvalue weighted by molar-refractivity contribution is 6.23. The molecule has 1 aliphatic carbocycles. The van der Waals surface area contributed by atoms with Gasteiger partial charge in [0, 0.05) is 55.8 Å². The van der Waals surface area contributed by atoms with Gasteiger partial charge in [0.2, 0.25) is 29.2 Å². The molecule has 0 saturated carbocycles. The third-order valence-electron chi connectivity index (χ3n) is 12.4. The van der Waals surface area contributed by atoms with Crippen LogP contribution >= 0.6 is 0 Å². The van der Waals surface area contributed by atoms with E-state index in [2.05, 4.69) is 22.5 Å². The van der Waals surface area contributed by atoms with Gasteiger partial charge in [0.25, 0.3) is 17.7 Å². The highest BCUT2D eigenvalue weighted by Gasteiger charge is 2.58. The van der Waals surface area contributed by atoms with Crippen molar-refractivity contribution in [2.45, 2.75) is 115 Å². The summed E-state index contributed by atoms with van der Waals surface area (Å²) in [5.74, 6) is -3.37. The fourth-order valence-corrected chi connectivity index (χ4v) is 8.97. The number of aryl methyl sites for hydroxylation is 2. The van der Waals surface area contributed by atoms with Gasteiger partial charge in [-0.2, -0.15) is 0 Å². The molecule has 7 rings (SSSR count). The number of fused-ring (bicyclic) bond motifs is 3. The van der Waals surface area contributed by atoms with E-state index in [4.69, 9.17) is 4.74 Å². The first kappa shape index (κ1) is 45.3. The van der Waals surface area contributed by atoms with E-state index in [-0.39, 0.29) is 31.3 Å². The molecule has 0 bridgehead atoms. The van der Waals surface area contributed by atoms with Gasteiger partial charge in [-0.3, -0.25) is 38.5 Å². The van der Waals surface area contributed by atoms with E-state index in [1.807, 2.05) is 6.07 Å². The molecule has 2 saturated heterocycles. The smallest absolute Gasteiger partial charge is 0.418 e. The maximum Gasteiger partial charge on any atom is 0.418 e. The van der Waals surface area contributed by atoms with E-state index in [0.29, 0.717) is 65.7 Å². The maximum atomic E-state index is 14.0. The second kappa shape index (κ2) is 19.4. The molecule has 0 aromatic heterocycles. The van der Waals surface area contributed by atoms with Crippen molar-refractivity contribution in [3.05, 3.63) is 112 Å². The van der Waals surface area contributed by atoms with Crippen molar-refractivity contribution >= 4 is 53.1 Å². The number of unbranched alkanes of at least 4 members (excludes halogenated alkanes) is 5. The Morgan fingerprint density at radius 1 is 0.906 bits per heavy atom. The number of allylic oxidation sites excluding steroid dienone is 1. The van der Waals surface area contributed by atoms with Crippen molar-refractivity contribution < 1.29 is 47.5 Å². The average Bonchev–Trinajstić information content (AvgIpc) is 3.83. The third kappa shape index (κ3) is 9.75. The molecule has 3 atom stereocenters. The van der Waals surface area contributed by atoms with Crippen LogP contribution in [0.2, 0.25) is 0 Å². The van der Waals surface area contributed by atoms with Crippen LogP contribution in [0, 0.1) is 5.82 Å². The Labute approximate surface area is 370 Å². The summed E-state index contributed by atoms with van der Waals surface area (Å²) in [5, 5.41) is 8.26. The molecule has 336 valence electrons. The summed E-state index contributed by atoms with van der Waals surface area (Å²) >= 11 is 0. The fourth-order valence-electron chi connectivity index (χ4n) is 8.97. The highest BCUT2D eigenvalue weighted by Crippen LogP contribution is 2.46. The Bertz CT molecular complexity index is 2400. The molecule has 3 aromatic rings. The SMILES string of the molecule is C=C1CCC(N2C(=O)c3ccc(CCCCCCCCC(=O)NC[C@H](C)N(Cc4ccc(F)cc4)C(=O)CN4C(=O)O[C@@]5(CCc6cc(NC(C)=O)ccc65)C4=O)cc3C2=O)C(=O)N1. The number of hydrogen-bond acceptors (Lipinski definition) is 9. The average molecular weight is 877 g/mol. The van der Waals surface area contributed by atoms with Crippen LogP contribution in [0.1, 0.15) is 121 Å². The lowest BCUT2D eigenvalue weighted by Crippen LogP contribution is -2.51. The van der Waals surface area contributed by atoms with Crippen molar-refractivity contribution in [1.29, 1.82) is 0 Å². The van der Waals surface area contributed by atoms with Crippen LogP contribution in [-0.4, -0.2) is 87.3 Å². The number of ether oxygens (including phenoxy) is 1. The van der Waals surface area contributed by atoms with Crippen LogP contribution in [0.15, 0.2) is 72.9 Å². The number of piperidine rings is 1. The number of imide groups is 2. The van der Waals surface area contributed by atoms with Gasteiger partial charge in [-0.25, -0.2) is 14.1 Å². The van der Waals surface area contributed by atoms with E-state index in [1.54, 1.807) is 49.4 Å². The number of amides is 8. The topological polar surface area (TPSA) is 192 Å². The van der Waals surface area contributed by atoms with E-state index in [9.17, 15) is 42.7 Å². The first-order valence-electron chi connectivity index (χ1n) is 21.9. The summed E-state index contributed by atoms with van der Waals surface area (Å²) in [6.45, 7) is 6.44. The summed E-state index contributed by atoms with van der Waals surface area (Å²) in [7, 11) is 0. The zero-order valence-corrected chi connectivity index (χ0v) is 36.1. The zero-order chi connectivity index (χ0) is 45.7. The molecule has 3 heterocycles. The summed E-state index contributed by atoms with van der Waals surface area (Å²) in [4.78, 5) is 108. The Morgan fingerprint density at radius 2 is 1.61 bits per heavy atom. The van der Waals surface area contributed by atoms with Gasteiger partial charge in [0.1, 0.15) is 18.4 Å². The van der Waals surface area contributed by atoms with Gasteiger partial charge in [-0.1, -0.05) is 56.5 Å². The zero-order valence-electron chi connectivity index (χ0n) is 36.1. The lowest BCUT2D eigenvalue weighted by atomic mass is 9.94. The van der Waals surface area contributed by atoms with Crippen molar-refractivity contribution in [2.24, 2.45) is 0 Å². The molecule has 8 amide bonds. The molecular weight excluding hydrogens is 824 g/mol. The van der Waals surface area contributed by atoms with E-state index >= 15 is 0 Å². The van der Waals surface area contributed by atoms with Gasteiger partial charge in [-0.15, -0.1) is 0 Å². The quantitative estimate of drug-likeness (QED) is 0.105. The summed E-state index contributed by atoms with van der Waals surface area (Å²) < 4.78 is 19.5. The van der Waals surface area contributed by atoms with Crippen molar-refractivity contribution in [1.82, 2.24) is 25.3 Å². The number of halogens is 1. The number of hydrogen-bond donors (Lipinski definition) is 3. The minimum atomic E-state index is -1.57. The van der Waals surface area contributed by atoms with Crippen molar-refractivity contribution in [2.75, 3.05) is 18.4 Å². The molecular formula is C48H53FN6O9. The summed E-state index contributed by atoms with van der Waals surface area (Å²) in [5.41, 5.74) is 3.02. The van der Waals surface area contributed by atoms with Crippen LogP contribution < -0.4 is 16.0 Å². The van der Waals surface area contributed by atoms with Crippen LogP contribution in [0.25, 0.3) is 0 Å². The number of nitrogens with one attached hydrogen (secondary N) is 3. The number of carbonyl (C=O) groups is 8. The van der Waals surface area contributed by atoms with Crippen LogP contribution in [0.4, 0.5) is 14.9 Å². The molecule has 15 nitrogen and oxygen atoms in total. The molecule has 1 unspecified atom stereocenters. The Balaban J connectivity index is 0.848. The van der Waals surface area contributed by atoms with E-state index in [0.717, 1.165) is 59.5 Å². The number of rotatable bonds is 18. The highest BCUT2D eigenvalue weighted by atomic mass is 19.1. The Morgan fingerprint density at radius 3 is 2.34 bits per heavy atom. The minimum absolute atomic E-state index is 0.0353. The number of carbonyl (C=O) groups excluding carboxylic acids is 8. The second-order valence-corrected chi connectivity index (χ2v) is 17.1. The normalized spacial score (nSPS) is 19.4. The van der Waals surface area contributed by atoms with Gasteiger partial charge in [0.15, 0.2) is 0 Å². The number of benzene rings is 3. The predicted octanol–water partition coefficient (Wildman–Crippen LogP) is 5.80. The van der Waals surface area contributed by atoms with Crippen LogP contribution in [-0.2, 0) is 53.7 Å².